The molecule has 0 heterocycles. The zero-order valence-electron chi connectivity index (χ0n) is 25.0. The quantitative estimate of drug-likeness (QED) is 0.351. The fourth-order valence-corrected chi connectivity index (χ4v) is 0.385. The van der Waals surface area contributed by atoms with Crippen molar-refractivity contribution in [2.45, 2.75) is 13.8 Å². The molecule has 0 spiro atoms. The number of hydrogen-bond acceptors (Lipinski definition) is 0. The second-order valence-electron chi connectivity index (χ2n) is 1.15. The van der Waals surface area contributed by atoms with Crippen LogP contribution in [0.3, 0.4) is 0 Å². The molecule has 1 aromatic rings. The molecule has 0 aromatic heterocycles. The first-order valence-corrected chi connectivity index (χ1v) is 40.4. The first kappa shape index (κ1) is 340. The zero-order chi connectivity index (χ0) is 16.2. The topological polar surface area (TPSA) is 0 Å². The van der Waals surface area contributed by atoms with E-state index in [1.54, 1.807) is 97.3 Å². The van der Waals surface area contributed by atoms with Crippen LogP contribution in [0.25, 0.3) is 0 Å². The van der Waals surface area contributed by atoms with Crippen molar-refractivity contribution in [1.29, 1.82) is 0 Å². The molecule has 55 heavy (non-hydrogen) atoms. The Bertz CT molecular complexity index is 154. The number of rotatable bonds is 0. The molecule has 0 aliphatic rings. The van der Waals surface area contributed by atoms with E-state index in [2.05, 4.69) is 9.81 Å². The molecule has 1 rings (SSSR count). The minimum Gasteiger partial charge on any atom is -0.0623 e. The van der Waals surface area contributed by atoms with Crippen molar-refractivity contribution >= 4 is 9.81 Å². The van der Waals surface area contributed by atoms with Gasteiger partial charge in [-0.2, -0.15) is 0 Å². The predicted octanol–water partition coefficient (Wildman–Crippen LogP) is 2.29. The van der Waals surface area contributed by atoms with Crippen LogP contribution in [0, 0.1) is 0 Å². The average Bonchev–Trinajstić information content (AvgIpc) is 2.60. The fraction of sp³-hybridized carbons (Fsp3) is 0.200. The Balaban J connectivity index is -0.000000000690. The van der Waals surface area contributed by atoms with Gasteiger partial charge in [0.25, 0.3) is 0 Å². The molecule has 0 bridgehead atoms. The molecule has 0 unspecified atom stereocenters. The summed E-state index contributed by atoms with van der Waals surface area (Å²) in [5.41, 5.74) is 0. The van der Waals surface area contributed by atoms with Crippen molar-refractivity contribution in [3.8, 4) is 0 Å². The molecule has 326 valence electrons. The third-order valence-corrected chi connectivity index (χ3v) is 0.667. The van der Waals surface area contributed by atoms with Gasteiger partial charge in [-0.3, -0.25) is 0 Å². The standard InChI is InChI=1S/C6H6.C2H6.2CH.45W/c1-2-4-6-5-3-1;1-2;;;;;;;;;;;;;;;;;;;;;;;;;;;;;;;;;;;;;;;;;;;;;;;/h1-6H;1-2H3;2*1H;;;;;;;;;;;;;;;;;;;;;;;;;;;;;;;;;;;;;;;;;;;;;/q;;2*-1;;;;;;;;;;;;;;;;;;;;;;;;;;;;;;;;;;;;;;;;;;;;;. The van der Waals surface area contributed by atoms with Gasteiger partial charge < -0.3 is 0 Å². The van der Waals surface area contributed by atoms with Crippen LogP contribution < -0.4 is 0 Å². The number of benzene rings is 1. The van der Waals surface area contributed by atoms with Crippen LogP contribution in [0.5, 0.6) is 0 Å². The molecule has 0 radical (unpaired) electrons. The van der Waals surface area contributed by atoms with Gasteiger partial charge in [-0.1, -0.05) is 50.2 Å². The summed E-state index contributed by atoms with van der Waals surface area (Å²) >= 11 is 12.2. The molecule has 0 N–H and O–H groups in total. The van der Waals surface area contributed by atoms with Crippen LogP contribution in [0.4, 0.5) is 0 Å². The summed E-state index contributed by atoms with van der Waals surface area (Å²) < 4.78 is 0. The van der Waals surface area contributed by atoms with Gasteiger partial charge in [-0.05, 0) is 0 Å². The van der Waals surface area contributed by atoms with Crippen molar-refractivity contribution in [2.24, 2.45) is 0 Å². The molecule has 0 fully saturated rings. The summed E-state index contributed by atoms with van der Waals surface area (Å²) in [6, 6.07) is 12.0. The van der Waals surface area contributed by atoms with Crippen LogP contribution in [0.15, 0.2) is 36.4 Å². The van der Waals surface area contributed by atoms with Gasteiger partial charge in [0.1, 0.15) is 0 Å². The van der Waals surface area contributed by atoms with Crippen LogP contribution in [-0.4, -0.2) is 9.81 Å². The van der Waals surface area contributed by atoms with E-state index in [1.165, 1.54) is 0 Å². The van der Waals surface area contributed by atoms with Gasteiger partial charge >= 0.3 is 146 Å². The van der Waals surface area contributed by atoms with Crippen molar-refractivity contribution in [3.63, 3.8) is 0 Å². The largest absolute Gasteiger partial charge is 0.0623 e. The molecule has 0 nitrogen and oxygen atoms in total. The summed E-state index contributed by atoms with van der Waals surface area (Å²) in [6.45, 7) is 4.00. The summed E-state index contributed by atoms with van der Waals surface area (Å²) in [5.74, 6) is 0. The van der Waals surface area contributed by atoms with Crippen LogP contribution in [0.2, 0.25) is 0 Å². The molecular formula is C10H14W45-2. The summed E-state index contributed by atoms with van der Waals surface area (Å²) in [7, 11) is 0. The average molecular weight is 8410 g/mol. The molecule has 0 atom stereocenters. The molecular weight excluding hydrogens is 8390 g/mol. The Labute approximate surface area is 946 Å². The zero-order valence-corrected chi connectivity index (χ0v) is 157. The maximum Gasteiger partial charge on any atom is -0.0623 e. The Morgan fingerprint density at radius 1 is 0.164 bits per heavy atom. The Morgan fingerprint density at radius 3 is 0.200 bits per heavy atom. The smallest absolute Gasteiger partial charge is 0.0623 e. The van der Waals surface area contributed by atoms with E-state index in [0.29, 0.717) is 0 Å². The first-order valence-electron chi connectivity index (χ1n) is 3.97. The van der Waals surface area contributed by atoms with E-state index in [1.807, 2.05) is 50.2 Å². The van der Waals surface area contributed by atoms with E-state index in [0.717, 1.165) is 38.7 Å². The Hall–Kier alpha value is 29.9. The maximum atomic E-state index is 4.58. The monoisotopic (exact) mass is 8410 g/mol. The molecule has 0 aliphatic carbocycles. The second-order valence-corrected chi connectivity index (χ2v) is 1.15. The molecule has 0 amide bonds. The van der Waals surface area contributed by atoms with E-state index in [-0.39, 0.29) is 779 Å². The van der Waals surface area contributed by atoms with Gasteiger partial charge in [0, 0.05) is 779 Å². The summed E-state index contributed by atoms with van der Waals surface area (Å²) in [5, 5.41) is 0. The summed E-state index contributed by atoms with van der Waals surface area (Å²) in [4.78, 5) is 9.17. The van der Waals surface area contributed by atoms with Gasteiger partial charge in [0.15, 0.2) is 0 Å². The SMILES string of the molecule is CC.[CH-]=[W].[CH-]=[W].[W].[W].[W].[W].[W].[W].[W].[W].[W].[W].[W].[W].[W].[W].[W].[W].[W].[W].[W].[W].[W].[W].[W].[W].[W].[W].[W].[W].[W].[W].[W].[W].[W].[W].[W].[W].[W].[W]=[W].[W]=[W].[W]=[W].c1ccccc1. The van der Waals surface area contributed by atoms with E-state index >= 15 is 0 Å². The Morgan fingerprint density at radius 2 is 0.182 bits per heavy atom. The molecule has 0 saturated carbocycles. The van der Waals surface area contributed by atoms with Crippen LogP contribution in [0.1, 0.15) is 13.8 Å². The van der Waals surface area contributed by atoms with Gasteiger partial charge in [-0.25, -0.2) is 0 Å². The molecule has 1 aromatic carbocycles. The minimum absolute atomic E-state index is 0. The normalized spacial score (nSPS) is 1.35. The van der Waals surface area contributed by atoms with Gasteiger partial charge in [0.2, 0.25) is 0 Å². The summed E-state index contributed by atoms with van der Waals surface area (Å²) in [6.07, 6.45) is 0. The van der Waals surface area contributed by atoms with Crippen molar-refractivity contribution in [3.05, 3.63) is 36.4 Å². The molecule has 0 saturated heterocycles. The van der Waals surface area contributed by atoms with Crippen LogP contribution in [-0.2, 0) is 915 Å². The van der Waals surface area contributed by atoms with Gasteiger partial charge in [0.05, 0.1) is 0 Å². The van der Waals surface area contributed by atoms with Crippen molar-refractivity contribution < 1.29 is 915 Å². The predicted molar refractivity (Wildman–Crippen MR) is 49.9 cm³/mol. The minimum atomic E-state index is 0. The van der Waals surface area contributed by atoms with Crippen LogP contribution >= 0.6 is 0 Å². The Kier molecular flexibility index (Phi) is 2770. The number of hydrogen-bond donors (Lipinski definition) is 0. The van der Waals surface area contributed by atoms with E-state index in [4.69, 9.17) is 0 Å². The molecule has 0 aliphatic heterocycles. The molecule has 45 heteroatoms. The van der Waals surface area contributed by atoms with Gasteiger partial charge in [-0.15, -0.1) is 0 Å². The third-order valence-electron chi connectivity index (χ3n) is 0.667. The fourth-order valence-electron chi connectivity index (χ4n) is 0.385. The first-order chi connectivity index (χ1) is 9.00. The van der Waals surface area contributed by atoms with Crippen molar-refractivity contribution in [1.82, 2.24) is 0 Å². The maximum absolute atomic E-state index is 4.58. The van der Waals surface area contributed by atoms with Crippen molar-refractivity contribution in [2.75, 3.05) is 0 Å². The second kappa shape index (κ2) is 447. The van der Waals surface area contributed by atoms with E-state index < -0.39 is 0 Å². The third kappa shape index (κ3) is 436. The van der Waals surface area contributed by atoms with E-state index in [9.17, 15) is 0 Å².